The largest absolute Gasteiger partial charge is 0.456 e. The Labute approximate surface area is 174 Å². The van der Waals surface area contributed by atoms with Crippen molar-refractivity contribution < 1.29 is 18.3 Å². The molecule has 1 unspecified atom stereocenters. The van der Waals surface area contributed by atoms with Crippen LogP contribution in [0.25, 0.3) is 0 Å². The summed E-state index contributed by atoms with van der Waals surface area (Å²) >= 11 is 0. The quantitative estimate of drug-likeness (QED) is 0.500. The molecule has 0 saturated heterocycles. The normalized spacial score (nSPS) is 18.7. The zero-order valence-corrected chi connectivity index (χ0v) is 17.0. The van der Waals surface area contributed by atoms with Gasteiger partial charge in [0.15, 0.2) is 5.60 Å². The molecular weight excluding hydrogens is 384 g/mol. The number of hydrogen-bond acceptors (Lipinski definition) is 3. The molecule has 0 aliphatic carbocycles. The third kappa shape index (κ3) is 2.65. The van der Waals surface area contributed by atoms with Gasteiger partial charge in [0.05, 0.1) is 6.61 Å². The lowest BCUT2D eigenvalue weighted by molar-refractivity contribution is 0.0197. The van der Waals surface area contributed by atoms with Gasteiger partial charge in [-0.25, -0.2) is 8.78 Å². The Hall–Kier alpha value is -2.92. The molecule has 154 valence electrons. The predicted octanol–water partition coefficient (Wildman–Crippen LogP) is 6.40. The fourth-order valence-corrected chi connectivity index (χ4v) is 4.68. The Morgan fingerprint density at radius 2 is 1.70 bits per heavy atom. The second-order valence-electron chi connectivity index (χ2n) is 7.64. The van der Waals surface area contributed by atoms with Gasteiger partial charge < -0.3 is 14.4 Å². The molecule has 0 radical (unpaired) electrons. The summed E-state index contributed by atoms with van der Waals surface area (Å²) in [7, 11) is 0. The van der Waals surface area contributed by atoms with E-state index in [-0.39, 0.29) is 5.56 Å². The molecule has 0 amide bonds. The number of fused-ring (bicyclic) bond motifs is 6. The molecule has 1 atom stereocenters. The first-order valence-corrected chi connectivity index (χ1v) is 10.3. The summed E-state index contributed by atoms with van der Waals surface area (Å²) in [5.41, 5.74) is 3.60. The Kier molecular flexibility index (Phi) is 4.51. The van der Waals surface area contributed by atoms with Gasteiger partial charge >= 0.3 is 0 Å². The summed E-state index contributed by atoms with van der Waals surface area (Å²) in [6, 6.07) is 18.7. The van der Waals surface area contributed by atoms with E-state index >= 15 is 0 Å². The number of alkyl halides is 2. The van der Waals surface area contributed by atoms with E-state index < -0.39 is 12.0 Å². The zero-order valence-electron chi connectivity index (χ0n) is 17.0. The Morgan fingerprint density at radius 3 is 2.47 bits per heavy atom. The maximum absolute atomic E-state index is 13.5. The molecule has 0 saturated carbocycles. The van der Waals surface area contributed by atoms with Crippen LogP contribution in [0.3, 0.4) is 0 Å². The van der Waals surface area contributed by atoms with Crippen LogP contribution in [0.15, 0.2) is 60.7 Å². The smallest absolute Gasteiger partial charge is 0.263 e. The van der Waals surface area contributed by atoms with Gasteiger partial charge in [0.2, 0.25) is 0 Å². The Bertz CT molecular complexity index is 1110. The number of hydrogen-bond donors (Lipinski definition) is 0. The molecule has 5 rings (SSSR count). The first-order valence-electron chi connectivity index (χ1n) is 10.3. The van der Waals surface area contributed by atoms with E-state index in [0.717, 1.165) is 35.5 Å². The minimum absolute atomic E-state index is 0.0343. The highest BCUT2D eigenvalue weighted by Crippen LogP contribution is 2.56. The van der Waals surface area contributed by atoms with E-state index in [1.54, 1.807) is 6.07 Å². The molecule has 1 spiro atoms. The minimum atomic E-state index is -2.56. The third-order valence-corrected chi connectivity index (χ3v) is 6.17. The van der Waals surface area contributed by atoms with Crippen molar-refractivity contribution in [2.24, 2.45) is 0 Å². The van der Waals surface area contributed by atoms with Crippen molar-refractivity contribution in [3.05, 3.63) is 88.5 Å². The van der Waals surface area contributed by atoms with Crippen molar-refractivity contribution in [3.8, 4) is 11.5 Å². The van der Waals surface area contributed by atoms with Crippen molar-refractivity contribution in [1.29, 1.82) is 0 Å². The maximum Gasteiger partial charge on any atom is 0.263 e. The number of benzene rings is 3. The molecule has 3 nitrogen and oxygen atoms in total. The molecule has 2 aliphatic heterocycles. The maximum atomic E-state index is 13.5. The Balaban J connectivity index is 1.77. The molecule has 0 aromatic heterocycles. The highest BCUT2D eigenvalue weighted by Gasteiger charge is 2.49. The first-order chi connectivity index (χ1) is 14.6. The van der Waals surface area contributed by atoms with E-state index in [2.05, 4.69) is 24.8 Å². The molecule has 30 heavy (non-hydrogen) atoms. The molecule has 0 bridgehead atoms. The van der Waals surface area contributed by atoms with E-state index in [1.807, 2.05) is 36.4 Å². The summed E-state index contributed by atoms with van der Waals surface area (Å²) < 4.78 is 39.8. The van der Waals surface area contributed by atoms with Gasteiger partial charge in [-0.05, 0) is 55.3 Å². The van der Waals surface area contributed by atoms with Crippen molar-refractivity contribution in [3.63, 3.8) is 0 Å². The highest BCUT2D eigenvalue weighted by molar-refractivity contribution is 5.67. The highest BCUT2D eigenvalue weighted by atomic mass is 19.3. The van der Waals surface area contributed by atoms with Crippen molar-refractivity contribution in [1.82, 2.24) is 0 Å². The Morgan fingerprint density at radius 1 is 0.900 bits per heavy atom. The lowest BCUT2D eigenvalue weighted by Gasteiger charge is -2.38. The van der Waals surface area contributed by atoms with Gasteiger partial charge in [-0.1, -0.05) is 24.3 Å². The molecule has 2 heterocycles. The minimum Gasteiger partial charge on any atom is -0.456 e. The molecule has 3 aromatic rings. The molecule has 0 N–H and O–H groups in total. The van der Waals surface area contributed by atoms with Gasteiger partial charge in [-0.3, -0.25) is 0 Å². The van der Waals surface area contributed by atoms with Crippen LogP contribution < -0.4 is 9.64 Å². The molecule has 3 aromatic carbocycles. The standard InChI is InChI=1S/C25H23F2NO2/c1-3-28(4-2)18-10-11-20-23(14-18)30-22-12-9-16(24(26)27)13-21(22)25(20)19-8-6-5-7-17(19)15-29-25/h5-14,24H,3-4,15H2,1-2H3. The molecule has 2 aliphatic rings. The monoisotopic (exact) mass is 407 g/mol. The van der Waals surface area contributed by atoms with Gasteiger partial charge in [0, 0.05) is 41.5 Å². The topological polar surface area (TPSA) is 21.7 Å². The molecule has 5 heteroatoms. The second-order valence-corrected chi connectivity index (χ2v) is 7.64. The van der Waals surface area contributed by atoms with Crippen molar-refractivity contribution in [2.75, 3.05) is 18.0 Å². The van der Waals surface area contributed by atoms with Gasteiger partial charge in [-0.15, -0.1) is 0 Å². The van der Waals surface area contributed by atoms with Crippen LogP contribution in [0.2, 0.25) is 0 Å². The van der Waals surface area contributed by atoms with Gasteiger partial charge in [-0.2, -0.15) is 0 Å². The summed E-state index contributed by atoms with van der Waals surface area (Å²) in [4.78, 5) is 2.25. The lowest BCUT2D eigenvalue weighted by atomic mass is 9.77. The fraction of sp³-hybridized carbons (Fsp3) is 0.280. The summed E-state index contributed by atoms with van der Waals surface area (Å²) in [5, 5.41) is 0. The average molecular weight is 407 g/mol. The van der Waals surface area contributed by atoms with Crippen LogP contribution in [-0.2, 0) is 16.9 Å². The van der Waals surface area contributed by atoms with Gasteiger partial charge in [0.25, 0.3) is 6.43 Å². The van der Waals surface area contributed by atoms with E-state index in [9.17, 15) is 8.78 Å². The van der Waals surface area contributed by atoms with E-state index in [0.29, 0.717) is 23.7 Å². The number of anilines is 1. The van der Waals surface area contributed by atoms with Crippen LogP contribution in [-0.4, -0.2) is 13.1 Å². The summed E-state index contributed by atoms with van der Waals surface area (Å²) in [5.74, 6) is 1.26. The van der Waals surface area contributed by atoms with Crippen molar-refractivity contribution >= 4 is 5.69 Å². The third-order valence-electron chi connectivity index (χ3n) is 6.17. The number of nitrogens with zero attached hydrogens (tertiary/aromatic N) is 1. The summed E-state index contributed by atoms with van der Waals surface area (Å²) in [6.45, 7) is 6.42. The van der Waals surface area contributed by atoms with E-state index in [4.69, 9.17) is 9.47 Å². The fourth-order valence-electron chi connectivity index (χ4n) is 4.68. The van der Waals surface area contributed by atoms with Crippen molar-refractivity contribution in [2.45, 2.75) is 32.5 Å². The van der Waals surface area contributed by atoms with E-state index in [1.165, 1.54) is 12.1 Å². The molecule has 0 fully saturated rings. The SMILES string of the molecule is CCN(CC)c1ccc2c(c1)Oc1ccc(C(F)F)cc1C21OCc2ccccc21. The zero-order chi connectivity index (χ0) is 20.9. The number of rotatable bonds is 4. The van der Waals surface area contributed by atoms with Crippen LogP contribution in [0.1, 0.15) is 48.1 Å². The van der Waals surface area contributed by atoms with Crippen LogP contribution in [0, 0.1) is 0 Å². The summed E-state index contributed by atoms with van der Waals surface area (Å²) in [6.07, 6.45) is -2.56. The average Bonchev–Trinajstić information content (AvgIpc) is 3.15. The van der Waals surface area contributed by atoms with Crippen LogP contribution >= 0.6 is 0 Å². The second kappa shape index (κ2) is 7.10. The van der Waals surface area contributed by atoms with Crippen LogP contribution in [0.4, 0.5) is 14.5 Å². The number of halogens is 2. The first kappa shape index (κ1) is 19.1. The number of ether oxygens (including phenoxy) is 2. The molecular formula is C25H23F2NO2. The van der Waals surface area contributed by atoms with Crippen LogP contribution in [0.5, 0.6) is 11.5 Å². The lowest BCUT2D eigenvalue weighted by Crippen LogP contribution is -2.32. The van der Waals surface area contributed by atoms with Gasteiger partial charge in [0.1, 0.15) is 11.5 Å². The predicted molar refractivity (Wildman–Crippen MR) is 113 cm³/mol.